The molecule has 2 amide bonds. The molecule has 1 rings (SSSR count). The molecule has 0 bridgehead atoms. The number of carbonyl (C=O) groups is 3. The number of imide groups is 1. The Kier molecular flexibility index (Phi) is 9.71. The van der Waals surface area contributed by atoms with Crippen LogP contribution in [0.1, 0.15) is 64.7 Å². The molecule has 0 aromatic heterocycles. The van der Waals surface area contributed by atoms with Crippen molar-refractivity contribution in [3.8, 4) is 0 Å². The van der Waals surface area contributed by atoms with Crippen LogP contribution in [0.25, 0.3) is 0 Å². The van der Waals surface area contributed by atoms with Gasteiger partial charge >= 0.3 is 12.1 Å². The summed E-state index contributed by atoms with van der Waals surface area (Å²) in [5, 5.41) is 11.5. The Morgan fingerprint density at radius 3 is 2.14 bits per heavy atom. The van der Waals surface area contributed by atoms with Gasteiger partial charge in [-0.3, -0.25) is 19.9 Å². The van der Waals surface area contributed by atoms with Crippen molar-refractivity contribution >= 4 is 35.3 Å². The van der Waals surface area contributed by atoms with Crippen LogP contribution >= 0.6 is 0 Å². The summed E-state index contributed by atoms with van der Waals surface area (Å²) < 4.78 is 10.6. The van der Waals surface area contributed by atoms with Gasteiger partial charge in [0.15, 0.2) is 5.96 Å². The fraction of sp³-hybridized carbons (Fsp3) is 0.545. The van der Waals surface area contributed by atoms with Gasteiger partial charge in [0.2, 0.25) is 0 Å². The molecule has 0 aliphatic rings. The zero-order chi connectivity index (χ0) is 27.1. The van der Waals surface area contributed by atoms with Gasteiger partial charge < -0.3 is 26.7 Å². The maximum atomic E-state index is 13.2. The van der Waals surface area contributed by atoms with Crippen molar-refractivity contribution < 1.29 is 28.8 Å². The van der Waals surface area contributed by atoms with Gasteiger partial charge in [-0.25, -0.2) is 14.5 Å². The first kappa shape index (κ1) is 29.3. The number of nitrogens with two attached hydrogens (primary N) is 3. The van der Waals surface area contributed by atoms with Crippen LogP contribution in [0.5, 0.6) is 0 Å². The highest BCUT2D eigenvalue weighted by molar-refractivity contribution is 6.14. The van der Waals surface area contributed by atoms with Gasteiger partial charge in [0.05, 0.1) is 16.7 Å². The van der Waals surface area contributed by atoms with Gasteiger partial charge in [0.25, 0.3) is 11.6 Å². The van der Waals surface area contributed by atoms with E-state index in [0.717, 1.165) is 18.2 Å². The zero-order valence-electron chi connectivity index (χ0n) is 20.9. The molecule has 0 fully saturated rings. The number of benzene rings is 1. The molecule has 1 aromatic carbocycles. The minimum absolute atomic E-state index is 0.110. The molecule has 0 unspecified atom stereocenters. The Hall–Kier alpha value is -3.74. The normalized spacial score (nSPS) is 12.3. The summed E-state index contributed by atoms with van der Waals surface area (Å²) in [5.41, 5.74) is 13.5. The first-order valence-electron chi connectivity index (χ1n) is 10.8. The number of amides is 2. The molecule has 0 radical (unpaired) electrons. The van der Waals surface area contributed by atoms with Crippen molar-refractivity contribution in [3.63, 3.8) is 0 Å². The molecule has 1 atom stereocenters. The van der Waals surface area contributed by atoms with Crippen LogP contribution in [0.3, 0.4) is 0 Å². The Balaban J connectivity index is 3.46. The number of nitrogens with zero attached hydrogens (tertiary/aromatic N) is 3. The van der Waals surface area contributed by atoms with E-state index in [1.807, 2.05) is 0 Å². The molecule has 0 heterocycles. The molecule has 0 aliphatic carbocycles. The average Bonchev–Trinajstić information content (AvgIpc) is 2.68. The van der Waals surface area contributed by atoms with E-state index in [0.29, 0.717) is 11.3 Å². The molecule has 0 aliphatic heterocycles. The summed E-state index contributed by atoms with van der Waals surface area (Å²) in [4.78, 5) is 54.1. The van der Waals surface area contributed by atoms with Crippen LogP contribution in [-0.2, 0) is 14.3 Å². The van der Waals surface area contributed by atoms with Gasteiger partial charge in [-0.05, 0) is 66.5 Å². The predicted molar refractivity (Wildman–Crippen MR) is 130 cm³/mol. The Morgan fingerprint density at radius 1 is 1.09 bits per heavy atom. The highest BCUT2D eigenvalue weighted by Gasteiger charge is 2.34. The van der Waals surface area contributed by atoms with Crippen molar-refractivity contribution in [3.05, 3.63) is 33.9 Å². The first-order valence-corrected chi connectivity index (χ1v) is 10.8. The van der Waals surface area contributed by atoms with E-state index in [1.54, 1.807) is 41.5 Å². The van der Waals surface area contributed by atoms with Crippen LogP contribution in [0.2, 0.25) is 0 Å². The topological polar surface area (TPSA) is 206 Å². The third-order valence-electron chi connectivity index (χ3n) is 4.14. The molecule has 1 aromatic rings. The van der Waals surface area contributed by atoms with Crippen LogP contribution in [0, 0.1) is 10.1 Å². The molecule has 194 valence electrons. The van der Waals surface area contributed by atoms with Gasteiger partial charge in [-0.15, -0.1) is 0 Å². The zero-order valence-corrected chi connectivity index (χ0v) is 20.9. The number of nitro groups is 1. The van der Waals surface area contributed by atoms with E-state index in [9.17, 15) is 24.5 Å². The van der Waals surface area contributed by atoms with Crippen LogP contribution in [0.15, 0.2) is 23.2 Å². The number of rotatable bonds is 8. The van der Waals surface area contributed by atoms with Crippen molar-refractivity contribution in [2.24, 2.45) is 22.2 Å². The minimum atomic E-state index is -1.16. The van der Waals surface area contributed by atoms with Crippen LogP contribution < -0.4 is 22.1 Å². The first-order chi connectivity index (χ1) is 15.9. The summed E-state index contributed by atoms with van der Waals surface area (Å²) >= 11 is 0. The van der Waals surface area contributed by atoms with Gasteiger partial charge in [0, 0.05) is 12.6 Å². The lowest BCUT2D eigenvalue weighted by molar-refractivity contribution is -0.385. The Bertz CT molecular complexity index is 991. The summed E-state index contributed by atoms with van der Waals surface area (Å²) in [6.07, 6.45) is -0.594. The fourth-order valence-electron chi connectivity index (χ4n) is 2.76. The molecule has 13 heteroatoms. The number of nitro benzene ring substituents is 1. The summed E-state index contributed by atoms with van der Waals surface area (Å²) in [7, 11) is 0. The molecule has 0 spiro atoms. The largest absolute Gasteiger partial charge is 0.456 e. The lowest BCUT2D eigenvalue weighted by Crippen LogP contribution is -2.49. The quantitative estimate of drug-likeness (QED) is 0.120. The third-order valence-corrected chi connectivity index (χ3v) is 4.14. The maximum absolute atomic E-state index is 13.2. The molecule has 0 saturated carbocycles. The number of anilines is 1. The number of esters is 1. The van der Waals surface area contributed by atoms with Crippen LogP contribution in [-0.4, -0.2) is 52.6 Å². The minimum Gasteiger partial charge on any atom is -0.456 e. The van der Waals surface area contributed by atoms with E-state index in [1.165, 1.54) is 0 Å². The summed E-state index contributed by atoms with van der Waals surface area (Å²) in [6.45, 7) is 9.81. The number of hydrogen-bond donors (Lipinski definition) is 3. The molecule has 13 nitrogen and oxygen atoms in total. The maximum Gasteiger partial charge on any atom is 0.421 e. The summed E-state index contributed by atoms with van der Waals surface area (Å²) in [5.74, 6) is -1.95. The second-order valence-electron chi connectivity index (χ2n) is 9.67. The van der Waals surface area contributed by atoms with E-state index in [-0.39, 0.29) is 24.6 Å². The lowest BCUT2D eigenvalue weighted by atomic mass is 10.1. The molecular formula is C22H34N6O7. The van der Waals surface area contributed by atoms with Crippen molar-refractivity contribution in [2.75, 3.05) is 11.4 Å². The Labute approximate surface area is 203 Å². The SMILES string of the molecule is CC(C)(C)OC(=O)c1cc(N(C(=O)OC(C)(C)C)C(=O)[C@@H](N)CCCN=C(N)N)ccc1[N+](=O)[O-]. The van der Waals surface area contributed by atoms with Crippen molar-refractivity contribution in [1.29, 1.82) is 0 Å². The molecule has 6 N–H and O–H groups in total. The monoisotopic (exact) mass is 494 g/mol. The highest BCUT2D eigenvalue weighted by Crippen LogP contribution is 2.29. The molecular weight excluding hydrogens is 460 g/mol. The average molecular weight is 495 g/mol. The van der Waals surface area contributed by atoms with Crippen LogP contribution in [0.4, 0.5) is 16.2 Å². The number of aliphatic imine (C=N–C) groups is 1. The Morgan fingerprint density at radius 2 is 1.66 bits per heavy atom. The van der Waals surface area contributed by atoms with E-state index in [4.69, 9.17) is 26.7 Å². The number of hydrogen-bond acceptors (Lipinski definition) is 9. The highest BCUT2D eigenvalue weighted by atomic mass is 16.6. The standard InChI is InChI=1S/C22H34N6O7/c1-21(2,3)34-18(30)14-12-13(9-10-16(14)28(32)33)27(20(31)35-22(4,5)6)17(29)15(23)8-7-11-26-19(24)25/h9-10,12,15H,7-8,11,23H2,1-6H3,(H4,24,25,26)/t15-/m0/s1. The van der Waals surface area contributed by atoms with Gasteiger partial charge in [0.1, 0.15) is 16.8 Å². The second-order valence-corrected chi connectivity index (χ2v) is 9.67. The smallest absolute Gasteiger partial charge is 0.421 e. The van der Waals surface area contributed by atoms with Gasteiger partial charge in [-0.1, -0.05) is 0 Å². The fourth-order valence-corrected chi connectivity index (χ4v) is 2.76. The molecule has 35 heavy (non-hydrogen) atoms. The van der Waals surface area contributed by atoms with E-state index < -0.39 is 51.4 Å². The van der Waals surface area contributed by atoms with Crippen molar-refractivity contribution in [2.45, 2.75) is 71.6 Å². The lowest BCUT2D eigenvalue weighted by Gasteiger charge is -2.28. The second kappa shape index (κ2) is 11.6. The summed E-state index contributed by atoms with van der Waals surface area (Å²) in [6, 6.07) is 2.03. The molecule has 0 saturated heterocycles. The van der Waals surface area contributed by atoms with E-state index in [2.05, 4.69) is 4.99 Å². The predicted octanol–water partition coefficient (Wildman–Crippen LogP) is 2.20. The van der Waals surface area contributed by atoms with Crippen molar-refractivity contribution in [1.82, 2.24) is 0 Å². The number of carbonyl (C=O) groups excluding carboxylic acids is 3. The number of ether oxygens (including phenoxy) is 2. The van der Waals surface area contributed by atoms with E-state index >= 15 is 0 Å². The number of guanidine groups is 1. The third kappa shape index (κ3) is 9.57. The van der Waals surface area contributed by atoms with Gasteiger partial charge in [-0.2, -0.15) is 0 Å².